The number of aliphatic hydroxyl groups excluding tert-OH is 1. The molecule has 2 aromatic carbocycles. The Labute approximate surface area is 217 Å². The number of aromatic amines is 1. The van der Waals surface area contributed by atoms with Crippen molar-refractivity contribution in [2.75, 3.05) is 0 Å². The summed E-state index contributed by atoms with van der Waals surface area (Å²) < 4.78 is 72.7. The number of nitrogens with zero attached hydrogens (tertiary/aromatic N) is 1. The zero-order chi connectivity index (χ0) is 28.5. The maximum absolute atomic E-state index is 14.3. The number of fused-ring (bicyclic) bond motifs is 1. The third-order valence-corrected chi connectivity index (χ3v) is 7.56. The van der Waals surface area contributed by atoms with E-state index >= 15 is 0 Å². The number of hydrogen-bond acceptors (Lipinski definition) is 8. The first-order chi connectivity index (χ1) is 18.4. The Balaban J connectivity index is 1.66. The van der Waals surface area contributed by atoms with Gasteiger partial charge in [-0.2, -0.15) is 9.48 Å². The SMILES string of the molecule is C[C@H](N[P@@](=O)(Oc1cccc2ccccc12)O[C@H](C(F)F)[C@H]1O[C@@H](n2cc(F)c(=O)[nH]c2=O)C[C@@H]1O)C(=O)O. The first kappa shape index (κ1) is 28.5. The first-order valence-electron chi connectivity index (χ1n) is 11.5. The van der Waals surface area contributed by atoms with E-state index < -0.39 is 74.2 Å². The van der Waals surface area contributed by atoms with Gasteiger partial charge in [0.2, 0.25) is 5.82 Å². The van der Waals surface area contributed by atoms with Crippen molar-refractivity contribution in [3.05, 3.63) is 75.3 Å². The summed E-state index contributed by atoms with van der Waals surface area (Å²) in [5, 5.41) is 22.9. The Morgan fingerprint density at radius 3 is 2.62 bits per heavy atom. The Bertz CT molecular complexity index is 1530. The van der Waals surface area contributed by atoms with Crippen molar-refractivity contribution < 1.29 is 46.5 Å². The van der Waals surface area contributed by atoms with Crippen LogP contribution in [0, 0.1) is 5.82 Å². The number of ether oxygens (including phenoxy) is 1. The topological polar surface area (TPSA) is 169 Å². The summed E-state index contributed by atoms with van der Waals surface area (Å²) in [6.45, 7) is 1.08. The molecule has 6 atom stereocenters. The fourth-order valence-corrected chi connectivity index (χ4v) is 5.70. The normalized spacial score (nSPS) is 22.5. The van der Waals surface area contributed by atoms with Gasteiger partial charge < -0.3 is 19.5 Å². The maximum Gasteiger partial charge on any atom is 0.460 e. The van der Waals surface area contributed by atoms with Crippen LogP contribution in [0.15, 0.2) is 58.3 Å². The molecule has 39 heavy (non-hydrogen) atoms. The first-order valence-corrected chi connectivity index (χ1v) is 13.0. The summed E-state index contributed by atoms with van der Waals surface area (Å²) in [4.78, 5) is 36.5. The number of hydrogen-bond donors (Lipinski definition) is 4. The zero-order valence-corrected chi connectivity index (χ0v) is 21.0. The van der Waals surface area contributed by atoms with Crippen molar-refractivity contribution >= 4 is 24.5 Å². The Morgan fingerprint density at radius 2 is 1.92 bits per heavy atom. The predicted octanol–water partition coefficient (Wildman–Crippen LogP) is 2.38. The summed E-state index contributed by atoms with van der Waals surface area (Å²) >= 11 is 0. The highest BCUT2D eigenvalue weighted by Gasteiger charge is 2.49. The highest BCUT2D eigenvalue weighted by molar-refractivity contribution is 7.52. The number of benzene rings is 2. The van der Waals surface area contributed by atoms with Crippen LogP contribution in [-0.2, 0) is 18.6 Å². The van der Waals surface area contributed by atoms with Gasteiger partial charge in [-0.15, -0.1) is 0 Å². The lowest BCUT2D eigenvalue weighted by molar-refractivity contribution is -0.139. The van der Waals surface area contributed by atoms with Gasteiger partial charge in [-0.25, -0.2) is 18.1 Å². The molecular formula is C23H23F3N3O9P. The summed E-state index contributed by atoms with van der Waals surface area (Å²) in [6, 6.07) is 9.67. The minimum Gasteiger partial charge on any atom is -0.480 e. The standard InChI is InChI=1S/C23H23F3N3O9P/c1-11(22(32)33)28-39(35,37-16-8-4-6-12-5-2-3-7-13(12)16)38-19(20(25)26)18-15(30)9-17(36-18)29-10-14(24)21(31)27-23(29)34/h2-8,10-11,15,17-20,30H,9H2,1H3,(H,28,35)(H,32,33)(H,27,31,34)/t11-,15-,17+,18-,19-,39+/m0/s1. The molecule has 12 nitrogen and oxygen atoms in total. The van der Waals surface area contributed by atoms with Gasteiger partial charge in [-0.05, 0) is 18.4 Å². The van der Waals surface area contributed by atoms with Gasteiger partial charge in [-0.3, -0.25) is 23.7 Å². The summed E-state index contributed by atoms with van der Waals surface area (Å²) in [5.74, 6) is -2.93. The van der Waals surface area contributed by atoms with Crippen LogP contribution < -0.4 is 20.9 Å². The number of aliphatic hydroxyl groups is 1. The van der Waals surface area contributed by atoms with E-state index in [1.165, 1.54) is 12.1 Å². The van der Waals surface area contributed by atoms with Crippen LogP contribution >= 0.6 is 7.75 Å². The molecule has 1 fully saturated rings. The molecule has 2 heterocycles. The van der Waals surface area contributed by atoms with Crippen molar-refractivity contribution in [2.45, 2.75) is 50.4 Å². The number of aromatic nitrogens is 2. The van der Waals surface area contributed by atoms with Crippen LogP contribution in [-0.4, -0.2) is 56.5 Å². The smallest absolute Gasteiger partial charge is 0.460 e. The third kappa shape index (κ3) is 6.23. The molecule has 4 rings (SSSR count). The Hall–Kier alpha value is -3.49. The van der Waals surface area contributed by atoms with E-state index in [1.54, 1.807) is 35.3 Å². The molecule has 0 bridgehead atoms. The molecule has 16 heteroatoms. The molecule has 0 radical (unpaired) electrons. The minimum atomic E-state index is -4.94. The predicted molar refractivity (Wildman–Crippen MR) is 129 cm³/mol. The number of rotatable bonds is 10. The van der Waals surface area contributed by atoms with Crippen LogP contribution in [0.1, 0.15) is 19.6 Å². The van der Waals surface area contributed by atoms with Crippen LogP contribution in [0.3, 0.4) is 0 Å². The van der Waals surface area contributed by atoms with Crippen molar-refractivity contribution in [1.82, 2.24) is 14.6 Å². The highest BCUT2D eigenvalue weighted by Crippen LogP contribution is 2.50. The third-order valence-electron chi connectivity index (χ3n) is 5.89. The van der Waals surface area contributed by atoms with Crippen LogP contribution in [0.2, 0.25) is 0 Å². The van der Waals surface area contributed by atoms with Gasteiger partial charge in [0, 0.05) is 11.8 Å². The lowest BCUT2D eigenvalue weighted by Crippen LogP contribution is -2.43. The van der Waals surface area contributed by atoms with Gasteiger partial charge in [0.1, 0.15) is 24.1 Å². The van der Waals surface area contributed by atoms with Gasteiger partial charge in [0.05, 0.1) is 12.3 Å². The molecule has 0 unspecified atom stereocenters. The number of H-pyrrole nitrogens is 1. The number of carboxylic acids is 1. The molecule has 0 spiro atoms. The molecule has 0 aliphatic carbocycles. The minimum absolute atomic E-state index is 0.0735. The summed E-state index contributed by atoms with van der Waals surface area (Å²) in [7, 11) is -4.94. The Kier molecular flexibility index (Phi) is 8.28. The molecule has 1 saturated heterocycles. The average Bonchev–Trinajstić information content (AvgIpc) is 3.25. The largest absolute Gasteiger partial charge is 0.480 e. The lowest BCUT2D eigenvalue weighted by atomic mass is 10.1. The average molecular weight is 573 g/mol. The van der Waals surface area contributed by atoms with Crippen LogP contribution in [0.4, 0.5) is 13.2 Å². The highest BCUT2D eigenvalue weighted by atomic mass is 31.2. The number of alkyl halides is 2. The van der Waals surface area contributed by atoms with Crippen molar-refractivity contribution in [3.63, 3.8) is 0 Å². The monoisotopic (exact) mass is 573 g/mol. The molecule has 0 saturated carbocycles. The zero-order valence-electron chi connectivity index (χ0n) is 20.1. The van der Waals surface area contributed by atoms with Crippen LogP contribution in [0.5, 0.6) is 5.75 Å². The fourth-order valence-electron chi connectivity index (χ4n) is 4.00. The van der Waals surface area contributed by atoms with E-state index in [-0.39, 0.29) is 5.75 Å². The maximum atomic E-state index is 14.3. The number of nitrogens with one attached hydrogen (secondary N) is 2. The van der Waals surface area contributed by atoms with Gasteiger partial charge in [0.25, 0.3) is 12.0 Å². The number of aliphatic carboxylic acids is 1. The molecule has 1 aliphatic rings. The van der Waals surface area contributed by atoms with E-state index in [0.29, 0.717) is 21.5 Å². The second-order valence-corrected chi connectivity index (χ2v) is 10.3. The molecule has 1 aromatic heterocycles. The number of carbonyl (C=O) groups is 1. The fraction of sp³-hybridized carbons (Fsp3) is 0.348. The summed E-state index contributed by atoms with van der Waals surface area (Å²) in [5.41, 5.74) is -2.44. The lowest BCUT2D eigenvalue weighted by Gasteiger charge is -2.30. The molecule has 1 aliphatic heterocycles. The van der Waals surface area contributed by atoms with Gasteiger partial charge in [-0.1, -0.05) is 36.4 Å². The number of carboxylic acid groups (broad SMARTS) is 1. The van der Waals surface area contributed by atoms with Crippen molar-refractivity contribution in [1.29, 1.82) is 0 Å². The molecule has 4 N–H and O–H groups in total. The molecule has 3 aromatic rings. The van der Waals surface area contributed by atoms with E-state index in [0.717, 1.165) is 6.92 Å². The molecular weight excluding hydrogens is 550 g/mol. The Morgan fingerprint density at radius 1 is 1.23 bits per heavy atom. The molecule has 0 amide bonds. The van der Waals surface area contributed by atoms with E-state index in [9.17, 15) is 42.3 Å². The number of halogens is 3. The second-order valence-electron chi connectivity index (χ2n) is 8.66. The van der Waals surface area contributed by atoms with Crippen molar-refractivity contribution in [3.8, 4) is 5.75 Å². The quantitative estimate of drug-likeness (QED) is 0.264. The van der Waals surface area contributed by atoms with E-state index in [1.807, 2.05) is 0 Å². The van der Waals surface area contributed by atoms with E-state index in [2.05, 4.69) is 5.09 Å². The van der Waals surface area contributed by atoms with Gasteiger partial charge >= 0.3 is 19.4 Å². The van der Waals surface area contributed by atoms with Gasteiger partial charge in [0.15, 0.2) is 6.10 Å². The molecule has 210 valence electrons. The van der Waals surface area contributed by atoms with Crippen LogP contribution in [0.25, 0.3) is 10.8 Å². The second kappa shape index (κ2) is 11.3. The van der Waals surface area contributed by atoms with E-state index in [4.69, 9.17) is 13.8 Å². The van der Waals surface area contributed by atoms with Crippen molar-refractivity contribution in [2.24, 2.45) is 0 Å². The summed E-state index contributed by atoms with van der Waals surface area (Å²) in [6.07, 6.45) is -11.1.